The Morgan fingerprint density at radius 3 is 2.76 bits per heavy atom. The number of rotatable bonds is 6. The largest absolute Gasteiger partial charge is 0.461 e. The molecule has 8 heteroatoms. The highest BCUT2D eigenvalue weighted by Gasteiger charge is 2.20. The van der Waals surface area contributed by atoms with Crippen LogP contribution in [0, 0.1) is 0 Å². The molecule has 0 amide bonds. The Labute approximate surface area is 122 Å². The fraction of sp³-hybridized carbons (Fsp3) is 0.538. The van der Waals surface area contributed by atoms with Crippen molar-refractivity contribution in [3.63, 3.8) is 0 Å². The summed E-state index contributed by atoms with van der Waals surface area (Å²) in [7, 11) is 1.87. The van der Waals surface area contributed by atoms with Gasteiger partial charge < -0.3 is 10.5 Å². The SMILES string of the molecule is CCOC(=O)c1nnn(Cc2cc(CC)nn2C)c1CN. The van der Waals surface area contributed by atoms with E-state index in [0.29, 0.717) is 12.2 Å². The smallest absolute Gasteiger partial charge is 0.360 e. The molecule has 0 radical (unpaired) electrons. The maximum atomic E-state index is 11.8. The zero-order valence-corrected chi connectivity index (χ0v) is 12.5. The number of nitrogens with zero attached hydrogens (tertiary/aromatic N) is 5. The minimum Gasteiger partial charge on any atom is -0.461 e. The van der Waals surface area contributed by atoms with Crippen molar-refractivity contribution < 1.29 is 9.53 Å². The van der Waals surface area contributed by atoms with Crippen LogP contribution in [-0.4, -0.2) is 37.4 Å². The second-order valence-electron chi connectivity index (χ2n) is 4.57. The van der Waals surface area contributed by atoms with Gasteiger partial charge in [0.25, 0.3) is 0 Å². The van der Waals surface area contributed by atoms with Crippen LogP contribution in [0.1, 0.15) is 41.4 Å². The topological polar surface area (TPSA) is 101 Å². The van der Waals surface area contributed by atoms with Crippen molar-refractivity contribution in [2.45, 2.75) is 33.4 Å². The Hall–Kier alpha value is -2.22. The van der Waals surface area contributed by atoms with Gasteiger partial charge in [0, 0.05) is 13.6 Å². The summed E-state index contributed by atoms with van der Waals surface area (Å²) in [4.78, 5) is 11.8. The Balaban J connectivity index is 2.28. The van der Waals surface area contributed by atoms with E-state index in [1.54, 1.807) is 16.3 Å². The molecule has 2 N–H and O–H groups in total. The van der Waals surface area contributed by atoms with Gasteiger partial charge in [-0.05, 0) is 19.4 Å². The van der Waals surface area contributed by atoms with E-state index in [4.69, 9.17) is 10.5 Å². The molecular weight excluding hydrogens is 272 g/mol. The molecule has 2 rings (SSSR count). The van der Waals surface area contributed by atoms with Gasteiger partial charge in [0.05, 0.1) is 30.2 Å². The second kappa shape index (κ2) is 6.49. The van der Waals surface area contributed by atoms with Gasteiger partial charge in [-0.1, -0.05) is 12.1 Å². The maximum Gasteiger partial charge on any atom is 0.360 e. The van der Waals surface area contributed by atoms with Gasteiger partial charge in [-0.2, -0.15) is 5.10 Å². The Kier molecular flexibility index (Phi) is 4.69. The highest BCUT2D eigenvalue weighted by atomic mass is 16.5. The lowest BCUT2D eigenvalue weighted by Crippen LogP contribution is -2.15. The number of aryl methyl sites for hydroxylation is 2. The molecule has 0 bridgehead atoms. The number of nitrogens with two attached hydrogens (primary N) is 1. The second-order valence-corrected chi connectivity index (χ2v) is 4.57. The van der Waals surface area contributed by atoms with Gasteiger partial charge in [-0.3, -0.25) is 4.68 Å². The summed E-state index contributed by atoms with van der Waals surface area (Å²) in [5.41, 5.74) is 8.44. The number of carbonyl (C=O) groups excluding carboxylic acids is 1. The molecule has 2 aromatic heterocycles. The van der Waals surface area contributed by atoms with Crippen molar-refractivity contribution in [2.75, 3.05) is 6.61 Å². The first-order valence-corrected chi connectivity index (χ1v) is 6.92. The first-order chi connectivity index (χ1) is 10.1. The Morgan fingerprint density at radius 1 is 1.43 bits per heavy atom. The lowest BCUT2D eigenvalue weighted by Gasteiger charge is -2.06. The van der Waals surface area contributed by atoms with E-state index in [9.17, 15) is 4.79 Å². The lowest BCUT2D eigenvalue weighted by atomic mass is 10.3. The monoisotopic (exact) mass is 292 g/mol. The fourth-order valence-electron chi connectivity index (χ4n) is 2.07. The van der Waals surface area contributed by atoms with E-state index >= 15 is 0 Å². The molecule has 2 heterocycles. The number of esters is 1. The third-order valence-corrected chi connectivity index (χ3v) is 3.20. The molecule has 0 aliphatic rings. The van der Waals surface area contributed by atoms with E-state index in [1.165, 1.54) is 0 Å². The van der Waals surface area contributed by atoms with Crippen molar-refractivity contribution in [3.8, 4) is 0 Å². The molecule has 114 valence electrons. The third-order valence-electron chi connectivity index (χ3n) is 3.20. The van der Waals surface area contributed by atoms with Crippen LogP contribution in [0.3, 0.4) is 0 Å². The quantitative estimate of drug-likeness (QED) is 0.766. The highest BCUT2D eigenvalue weighted by molar-refractivity contribution is 5.88. The normalized spacial score (nSPS) is 10.9. The van der Waals surface area contributed by atoms with Gasteiger partial charge in [0.15, 0.2) is 5.69 Å². The van der Waals surface area contributed by atoms with E-state index in [-0.39, 0.29) is 18.8 Å². The Morgan fingerprint density at radius 2 is 2.19 bits per heavy atom. The summed E-state index contributed by atoms with van der Waals surface area (Å²) in [5.74, 6) is -0.497. The minimum atomic E-state index is -0.497. The number of aromatic nitrogens is 5. The zero-order valence-electron chi connectivity index (χ0n) is 12.5. The summed E-state index contributed by atoms with van der Waals surface area (Å²) in [6.45, 7) is 4.71. The molecule has 0 spiro atoms. The molecule has 0 unspecified atom stereocenters. The number of hydrogen-bond donors (Lipinski definition) is 1. The predicted octanol–water partition coefficient (Wildman–Crippen LogP) is 0.258. The van der Waals surface area contributed by atoms with Gasteiger partial charge >= 0.3 is 5.97 Å². The molecule has 0 saturated carbocycles. The number of hydrogen-bond acceptors (Lipinski definition) is 6. The van der Waals surface area contributed by atoms with Crippen LogP contribution in [0.5, 0.6) is 0 Å². The van der Waals surface area contributed by atoms with Crippen LogP contribution in [-0.2, 0) is 31.3 Å². The van der Waals surface area contributed by atoms with Gasteiger partial charge in [0.2, 0.25) is 0 Å². The van der Waals surface area contributed by atoms with Crippen molar-refractivity contribution in [1.29, 1.82) is 0 Å². The van der Waals surface area contributed by atoms with Crippen LogP contribution < -0.4 is 5.73 Å². The minimum absolute atomic E-state index is 0.166. The van der Waals surface area contributed by atoms with E-state index in [2.05, 4.69) is 15.4 Å². The summed E-state index contributed by atoms with van der Waals surface area (Å²) in [5, 5.41) is 12.3. The van der Waals surface area contributed by atoms with Crippen LogP contribution >= 0.6 is 0 Å². The number of carbonyl (C=O) groups is 1. The molecular formula is C13H20N6O2. The van der Waals surface area contributed by atoms with E-state index < -0.39 is 5.97 Å². The molecule has 21 heavy (non-hydrogen) atoms. The van der Waals surface area contributed by atoms with Crippen LogP contribution in [0.25, 0.3) is 0 Å². The summed E-state index contributed by atoms with van der Waals surface area (Å²) in [6.07, 6.45) is 0.864. The molecule has 0 aliphatic carbocycles. The average molecular weight is 292 g/mol. The summed E-state index contributed by atoms with van der Waals surface area (Å²) < 4.78 is 8.36. The molecule has 8 nitrogen and oxygen atoms in total. The van der Waals surface area contributed by atoms with Crippen molar-refractivity contribution in [1.82, 2.24) is 24.8 Å². The maximum absolute atomic E-state index is 11.8. The molecule has 0 saturated heterocycles. The molecule has 0 atom stereocenters. The first kappa shape index (κ1) is 15.2. The Bertz CT molecular complexity index is 631. The van der Waals surface area contributed by atoms with E-state index in [1.807, 2.05) is 20.0 Å². The van der Waals surface area contributed by atoms with Gasteiger partial charge in [0.1, 0.15) is 0 Å². The van der Waals surface area contributed by atoms with Crippen molar-refractivity contribution in [2.24, 2.45) is 12.8 Å². The predicted molar refractivity (Wildman–Crippen MR) is 75.6 cm³/mol. The first-order valence-electron chi connectivity index (χ1n) is 6.92. The average Bonchev–Trinajstić information content (AvgIpc) is 3.03. The molecule has 0 aromatic carbocycles. The van der Waals surface area contributed by atoms with Crippen LogP contribution in [0.15, 0.2) is 6.07 Å². The molecule has 0 aliphatic heterocycles. The molecule has 0 fully saturated rings. The van der Waals surface area contributed by atoms with Gasteiger partial charge in [-0.25, -0.2) is 9.48 Å². The highest BCUT2D eigenvalue weighted by Crippen LogP contribution is 2.11. The lowest BCUT2D eigenvalue weighted by molar-refractivity contribution is 0.0518. The van der Waals surface area contributed by atoms with Gasteiger partial charge in [-0.15, -0.1) is 5.10 Å². The zero-order chi connectivity index (χ0) is 15.4. The van der Waals surface area contributed by atoms with Crippen molar-refractivity contribution >= 4 is 5.97 Å². The summed E-state index contributed by atoms with van der Waals surface area (Å²) >= 11 is 0. The van der Waals surface area contributed by atoms with Crippen LogP contribution in [0.2, 0.25) is 0 Å². The standard InChI is InChI=1S/C13H20N6O2/c1-4-9-6-10(18(3)16-9)8-19-11(7-14)12(15-17-19)13(20)21-5-2/h6H,4-5,7-8,14H2,1-3H3. The molecule has 2 aromatic rings. The number of ether oxygens (including phenoxy) is 1. The van der Waals surface area contributed by atoms with Crippen molar-refractivity contribution in [3.05, 3.63) is 28.8 Å². The van der Waals surface area contributed by atoms with Crippen LogP contribution in [0.4, 0.5) is 0 Å². The fourth-order valence-corrected chi connectivity index (χ4v) is 2.07. The van der Waals surface area contributed by atoms with E-state index in [0.717, 1.165) is 17.8 Å². The third kappa shape index (κ3) is 3.10. The summed E-state index contributed by atoms with van der Waals surface area (Å²) in [6, 6.07) is 2.01.